The summed E-state index contributed by atoms with van der Waals surface area (Å²) >= 11 is 1.25. The maximum Gasteiger partial charge on any atom is 0.273 e. The van der Waals surface area contributed by atoms with Gasteiger partial charge in [0.25, 0.3) is 10.0 Å². The van der Waals surface area contributed by atoms with Crippen LogP contribution in [0.3, 0.4) is 0 Å². The molecule has 1 N–H and O–H groups in total. The molecule has 1 aromatic carbocycles. The molecule has 2 rings (SSSR count). The minimum Gasteiger partial charge on any atom is -0.315 e. The predicted molar refractivity (Wildman–Crippen MR) is 83.8 cm³/mol. The number of benzene rings is 1. The largest absolute Gasteiger partial charge is 0.315 e. The number of anilines is 1. The van der Waals surface area contributed by atoms with Crippen LogP contribution in [0.15, 0.2) is 34.5 Å². The Balaban J connectivity index is 2.37. The van der Waals surface area contributed by atoms with E-state index in [1.807, 2.05) is 14.0 Å². The van der Waals surface area contributed by atoms with E-state index in [9.17, 15) is 12.8 Å². The lowest BCUT2D eigenvalue weighted by Gasteiger charge is -2.18. The summed E-state index contributed by atoms with van der Waals surface area (Å²) in [7, 11) is -0.338. The lowest BCUT2D eigenvalue weighted by atomic mass is 10.3. The lowest BCUT2D eigenvalue weighted by molar-refractivity contribution is 0.596. The van der Waals surface area contributed by atoms with E-state index in [4.69, 9.17) is 0 Å². The van der Waals surface area contributed by atoms with Gasteiger partial charge in [-0.2, -0.15) is 0 Å². The van der Waals surface area contributed by atoms with Crippen molar-refractivity contribution in [2.24, 2.45) is 0 Å². The third-order valence-electron chi connectivity index (χ3n) is 3.14. The number of aryl methyl sites for hydroxylation is 1. The fourth-order valence-electron chi connectivity index (χ4n) is 1.88. The van der Waals surface area contributed by atoms with Gasteiger partial charge in [-0.15, -0.1) is 11.3 Å². The summed E-state index contributed by atoms with van der Waals surface area (Å²) in [5.41, 5.74) is 1.37. The van der Waals surface area contributed by atoms with Crippen molar-refractivity contribution in [3.8, 4) is 0 Å². The highest BCUT2D eigenvalue weighted by atomic mass is 32.2. The maximum atomic E-state index is 12.9. The van der Waals surface area contributed by atoms with Crippen LogP contribution >= 0.6 is 11.3 Å². The van der Waals surface area contributed by atoms with Gasteiger partial charge in [0.2, 0.25) is 0 Å². The summed E-state index contributed by atoms with van der Waals surface area (Å²) in [5.74, 6) is -0.396. The molecule has 114 valence electrons. The fraction of sp³-hybridized carbons (Fsp3) is 0.286. The van der Waals surface area contributed by atoms with E-state index in [-0.39, 0.29) is 4.21 Å². The highest BCUT2D eigenvalue weighted by molar-refractivity contribution is 7.94. The van der Waals surface area contributed by atoms with Crippen LogP contribution < -0.4 is 9.62 Å². The van der Waals surface area contributed by atoms with Crippen molar-refractivity contribution in [3.05, 3.63) is 46.6 Å². The molecule has 1 aromatic heterocycles. The molecular weight excluding hydrogens is 311 g/mol. The minimum absolute atomic E-state index is 0.289. The van der Waals surface area contributed by atoms with Gasteiger partial charge < -0.3 is 5.32 Å². The zero-order valence-corrected chi connectivity index (χ0v) is 13.7. The van der Waals surface area contributed by atoms with E-state index in [1.165, 1.54) is 47.0 Å². The van der Waals surface area contributed by atoms with Crippen LogP contribution in [0, 0.1) is 12.7 Å². The van der Waals surface area contributed by atoms with Crippen molar-refractivity contribution >= 4 is 27.0 Å². The standard InChI is InChI=1S/C14H17FN2O2S2/c1-10-8-14(20-13(10)9-16-2)21(18,19)17(3)12-6-4-11(15)5-7-12/h4-8,16H,9H2,1-3H3. The van der Waals surface area contributed by atoms with E-state index in [0.29, 0.717) is 12.2 Å². The molecule has 2 aromatic rings. The molecule has 0 saturated heterocycles. The van der Waals surface area contributed by atoms with Gasteiger partial charge in [0.15, 0.2) is 0 Å². The number of hydrogen-bond acceptors (Lipinski definition) is 4. The second kappa shape index (κ2) is 6.13. The number of hydrogen-bond donors (Lipinski definition) is 1. The summed E-state index contributed by atoms with van der Waals surface area (Å²) < 4.78 is 39.6. The van der Waals surface area contributed by atoms with Gasteiger partial charge >= 0.3 is 0 Å². The highest BCUT2D eigenvalue weighted by Gasteiger charge is 2.24. The Kier molecular flexibility index (Phi) is 4.65. The van der Waals surface area contributed by atoms with Crippen LogP contribution in [-0.2, 0) is 16.6 Å². The summed E-state index contributed by atoms with van der Waals surface area (Å²) in [6.45, 7) is 2.52. The molecule has 0 atom stereocenters. The van der Waals surface area contributed by atoms with E-state index < -0.39 is 15.8 Å². The number of nitrogens with one attached hydrogen (secondary N) is 1. The van der Waals surface area contributed by atoms with E-state index in [1.54, 1.807) is 6.07 Å². The van der Waals surface area contributed by atoms with Crippen LogP contribution in [0.2, 0.25) is 0 Å². The van der Waals surface area contributed by atoms with E-state index in [2.05, 4.69) is 5.32 Å². The first-order valence-electron chi connectivity index (χ1n) is 6.34. The van der Waals surface area contributed by atoms with E-state index >= 15 is 0 Å². The molecule has 4 nitrogen and oxygen atoms in total. The Labute approximate surface area is 128 Å². The number of halogens is 1. The monoisotopic (exact) mass is 328 g/mol. The Hall–Kier alpha value is -1.44. The van der Waals surface area contributed by atoms with Gasteiger partial charge in [-0.1, -0.05) is 0 Å². The second-order valence-corrected chi connectivity index (χ2v) is 7.98. The summed E-state index contributed by atoms with van der Waals surface area (Å²) in [6, 6.07) is 7.05. The highest BCUT2D eigenvalue weighted by Crippen LogP contribution is 2.30. The Morgan fingerprint density at radius 1 is 1.29 bits per heavy atom. The molecule has 0 aliphatic carbocycles. The number of thiophene rings is 1. The molecule has 0 bridgehead atoms. The molecule has 0 aliphatic rings. The zero-order chi connectivity index (χ0) is 15.6. The van der Waals surface area contributed by atoms with Gasteiger partial charge in [-0.25, -0.2) is 12.8 Å². The van der Waals surface area contributed by atoms with Crippen LogP contribution in [0.1, 0.15) is 10.4 Å². The van der Waals surface area contributed by atoms with Crippen molar-refractivity contribution in [3.63, 3.8) is 0 Å². The van der Waals surface area contributed by atoms with Gasteiger partial charge in [0, 0.05) is 18.5 Å². The summed E-state index contributed by atoms with van der Waals surface area (Å²) in [5, 5.41) is 3.02. The predicted octanol–water partition coefficient (Wildman–Crippen LogP) is 2.74. The van der Waals surface area contributed by atoms with Gasteiger partial charge in [0.1, 0.15) is 10.0 Å². The SMILES string of the molecule is CNCc1sc(S(=O)(=O)N(C)c2ccc(F)cc2)cc1C. The molecule has 0 unspecified atom stereocenters. The molecule has 0 radical (unpaired) electrons. The molecule has 0 amide bonds. The normalized spacial score (nSPS) is 11.6. The topological polar surface area (TPSA) is 49.4 Å². The quantitative estimate of drug-likeness (QED) is 0.918. The van der Waals surface area contributed by atoms with Crippen molar-refractivity contribution in [1.29, 1.82) is 0 Å². The number of sulfonamides is 1. The zero-order valence-electron chi connectivity index (χ0n) is 12.1. The van der Waals surface area contributed by atoms with Crippen LogP contribution in [0.25, 0.3) is 0 Å². The van der Waals surface area contributed by atoms with Gasteiger partial charge in [0.05, 0.1) is 5.69 Å². The smallest absolute Gasteiger partial charge is 0.273 e. The molecule has 21 heavy (non-hydrogen) atoms. The molecule has 0 fully saturated rings. The summed E-state index contributed by atoms with van der Waals surface area (Å²) in [4.78, 5) is 0.989. The third kappa shape index (κ3) is 3.25. The van der Waals surface area contributed by atoms with Crippen LogP contribution in [0.5, 0.6) is 0 Å². The van der Waals surface area contributed by atoms with Gasteiger partial charge in [-0.3, -0.25) is 4.31 Å². The van der Waals surface area contributed by atoms with Crippen molar-refractivity contribution < 1.29 is 12.8 Å². The Morgan fingerprint density at radius 2 is 1.90 bits per heavy atom. The number of nitrogens with zero attached hydrogens (tertiary/aromatic N) is 1. The number of rotatable bonds is 5. The first kappa shape index (κ1) is 15.9. The van der Waals surface area contributed by atoms with Crippen molar-refractivity contribution in [2.45, 2.75) is 17.7 Å². The third-order valence-corrected chi connectivity index (χ3v) is 6.61. The maximum absolute atomic E-state index is 12.9. The molecule has 0 saturated carbocycles. The summed E-state index contributed by atoms with van der Waals surface area (Å²) in [6.07, 6.45) is 0. The fourth-order valence-corrected chi connectivity index (χ4v) is 4.84. The molecule has 0 spiro atoms. The lowest BCUT2D eigenvalue weighted by Crippen LogP contribution is -2.25. The first-order chi connectivity index (χ1) is 9.86. The van der Waals surface area contributed by atoms with Crippen molar-refractivity contribution in [2.75, 3.05) is 18.4 Å². The average molecular weight is 328 g/mol. The van der Waals surface area contributed by atoms with E-state index in [0.717, 1.165) is 10.4 Å². The second-order valence-electron chi connectivity index (χ2n) is 4.65. The molecule has 7 heteroatoms. The first-order valence-corrected chi connectivity index (χ1v) is 8.60. The molecular formula is C14H17FN2O2S2. The van der Waals surface area contributed by atoms with Crippen molar-refractivity contribution in [1.82, 2.24) is 5.32 Å². The Bertz CT molecular complexity index is 724. The Morgan fingerprint density at radius 3 is 2.48 bits per heavy atom. The molecule has 0 aliphatic heterocycles. The molecule has 1 heterocycles. The van der Waals surface area contributed by atoms with Crippen LogP contribution in [-0.4, -0.2) is 22.5 Å². The minimum atomic E-state index is -3.62. The average Bonchev–Trinajstić information content (AvgIpc) is 2.81. The van der Waals surface area contributed by atoms with Gasteiger partial charge in [-0.05, 0) is 49.9 Å². The van der Waals surface area contributed by atoms with Crippen LogP contribution in [0.4, 0.5) is 10.1 Å².